The van der Waals surface area contributed by atoms with E-state index in [1.54, 1.807) is 58.4 Å². The molecule has 3 N–H and O–H groups in total. The number of hydrogen-bond donors (Lipinski definition) is 3. The fraction of sp³-hybridized carbons (Fsp3) is 0.550. The highest BCUT2D eigenvalue weighted by atomic mass is 32.2. The largest absolute Gasteiger partial charge is 0.497 e. The van der Waals surface area contributed by atoms with Gasteiger partial charge < -0.3 is 29.7 Å². The number of allylic oxidation sites excluding steroid dienone is 2. The molecular formula is C40H53N5O10S. The van der Waals surface area contributed by atoms with Gasteiger partial charge in [-0.2, -0.15) is 0 Å². The Morgan fingerprint density at radius 1 is 1.09 bits per heavy atom. The Labute approximate surface area is 328 Å². The third kappa shape index (κ3) is 10.4. The van der Waals surface area contributed by atoms with Gasteiger partial charge in [-0.25, -0.2) is 18.2 Å². The molecular weight excluding hydrogens is 743 g/mol. The van der Waals surface area contributed by atoms with Crippen LogP contribution in [0.1, 0.15) is 80.1 Å². The average molecular weight is 796 g/mol. The highest BCUT2D eigenvalue weighted by molar-refractivity contribution is 7.91. The average Bonchev–Trinajstić information content (AvgIpc) is 4.04. The number of pyridine rings is 1. The molecule has 5 atom stereocenters. The van der Waals surface area contributed by atoms with Crippen molar-refractivity contribution in [2.75, 3.05) is 13.7 Å². The number of benzene rings is 1. The van der Waals surface area contributed by atoms with Crippen molar-refractivity contribution in [1.82, 2.24) is 25.2 Å². The minimum atomic E-state index is -3.94. The number of nitrogens with zero attached hydrogens (tertiary/aromatic N) is 2. The normalized spacial score (nSPS) is 22.9. The molecule has 2 saturated carbocycles. The van der Waals surface area contributed by atoms with Crippen molar-refractivity contribution in [1.29, 1.82) is 0 Å². The number of carbonyl (C=O) groups is 5. The highest BCUT2D eigenvalue weighted by Gasteiger charge is 2.62. The number of aromatic nitrogens is 1. The summed E-state index contributed by atoms with van der Waals surface area (Å²) in [5, 5.41) is 6.12. The first-order valence-electron chi connectivity index (χ1n) is 18.8. The summed E-state index contributed by atoms with van der Waals surface area (Å²) in [5.41, 5.74) is -2.77. The molecule has 2 aliphatic carbocycles. The Morgan fingerprint density at radius 3 is 2.41 bits per heavy atom. The highest BCUT2D eigenvalue weighted by Crippen LogP contribution is 2.45. The lowest BCUT2D eigenvalue weighted by molar-refractivity contribution is -0.141. The summed E-state index contributed by atoms with van der Waals surface area (Å²) in [5.74, 6) is -2.26. The van der Waals surface area contributed by atoms with Crippen LogP contribution in [0.25, 0.3) is 10.8 Å². The number of sulfonamides is 1. The summed E-state index contributed by atoms with van der Waals surface area (Å²) in [7, 11) is -2.38. The van der Waals surface area contributed by atoms with Crippen molar-refractivity contribution >= 4 is 50.4 Å². The fourth-order valence-electron chi connectivity index (χ4n) is 6.52. The van der Waals surface area contributed by atoms with Crippen molar-refractivity contribution in [3.63, 3.8) is 0 Å². The van der Waals surface area contributed by atoms with Crippen LogP contribution in [-0.2, 0) is 33.9 Å². The number of methoxy groups -OCH3 is 1. The predicted molar refractivity (Wildman–Crippen MR) is 208 cm³/mol. The first-order valence-corrected chi connectivity index (χ1v) is 20.3. The number of carbonyl (C=O) groups excluding carboxylic acids is 5. The minimum absolute atomic E-state index is 0.0466. The summed E-state index contributed by atoms with van der Waals surface area (Å²) in [6, 6.07) is 4.60. The molecule has 2 heterocycles. The molecule has 2 aromatic rings. The van der Waals surface area contributed by atoms with E-state index in [4.69, 9.17) is 14.2 Å². The summed E-state index contributed by atoms with van der Waals surface area (Å²) in [6.07, 6.45) is 5.25. The topological polar surface area (TPSA) is 199 Å². The summed E-state index contributed by atoms with van der Waals surface area (Å²) in [4.78, 5) is 74.1. The molecule has 0 radical (unpaired) electrons. The SMILES string of the molecule is C=CC1CC1(NC(=O)C1CC(Oc2nccc3cc(OC)ccc23)CN1C(=O)C(CCC(=O)C=CC(C)(C)C)NC(=O)OC(C)(C)C)C(=O)NS(=O)(=O)C1CC1. The maximum Gasteiger partial charge on any atom is 0.408 e. The van der Waals surface area contributed by atoms with Gasteiger partial charge in [0.05, 0.1) is 18.9 Å². The Kier molecular flexibility index (Phi) is 12.2. The van der Waals surface area contributed by atoms with Gasteiger partial charge >= 0.3 is 6.09 Å². The zero-order valence-electron chi connectivity index (χ0n) is 33.0. The number of rotatable bonds is 15. The molecule has 3 aliphatic rings. The van der Waals surface area contributed by atoms with Crippen LogP contribution in [0.4, 0.5) is 4.79 Å². The van der Waals surface area contributed by atoms with Gasteiger partial charge in [-0.3, -0.25) is 23.9 Å². The Balaban J connectivity index is 1.45. The van der Waals surface area contributed by atoms with Gasteiger partial charge in [-0.15, -0.1) is 6.58 Å². The van der Waals surface area contributed by atoms with Crippen LogP contribution in [0.3, 0.4) is 0 Å². The Bertz CT molecular complexity index is 2020. The number of hydrogen-bond acceptors (Lipinski definition) is 11. The molecule has 3 fully saturated rings. The Morgan fingerprint density at radius 2 is 1.80 bits per heavy atom. The van der Waals surface area contributed by atoms with Crippen LogP contribution in [0.2, 0.25) is 0 Å². The second-order valence-electron chi connectivity index (χ2n) is 16.8. The molecule has 15 nitrogen and oxygen atoms in total. The molecule has 5 unspecified atom stereocenters. The smallest absolute Gasteiger partial charge is 0.408 e. The molecule has 16 heteroatoms. The molecule has 56 heavy (non-hydrogen) atoms. The lowest BCUT2D eigenvalue weighted by atomic mass is 9.95. The molecule has 1 aliphatic heterocycles. The van der Waals surface area contributed by atoms with Crippen molar-refractivity contribution in [2.45, 2.75) is 115 Å². The molecule has 1 saturated heterocycles. The quantitative estimate of drug-likeness (QED) is 0.173. The summed E-state index contributed by atoms with van der Waals surface area (Å²) < 4.78 is 44.8. The van der Waals surface area contributed by atoms with Gasteiger partial charge in [-0.05, 0) is 87.6 Å². The maximum absolute atomic E-state index is 14.6. The number of likely N-dealkylation sites (tertiary alicyclic amines) is 1. The van der Waals surface area contributed by atoms with E-state index in [0.717, 1.165) is 5.39 Å². The first kappa shape index (κ1) is 42.2. The van der Waals surface area contributed by atoms with E-state index < -0.39 is 74.3 Å². The minimum Gasteiger partial charge on any atom is -0.497 e. The molecule has 1 aromatic heterocycles. The van der Waals surface area contributed by atoms with Crippen LogP contribution in [-0.4, -0.2) is 96.1 Å². The zero-order valence-corrected chi connectivity index (χ0v) is 33.9. The van der Waals surface area contributed by atoms with Crippen molar-refractivity contribution < 1.29 is 46.6 Å². The van der Waals surface area contributed by atoms with Gasteiger partial charge in [0.15, 0.2) is 5.78 Å². The number of ether oxygens (including phenoxy) is 3. The fourth-order valence-corrected chi connectivity index (χ4v) is 7.89. The van der Waals surface area contributed by atoms with E-state index >= 15 is 0 Å². The first-order chi connectivity index (χ1) is 26.1. The molecule has 4 amide bonds. The van der Waals surface area contributed by atoms with E-state index in [-0.39, 0.29) is 49.3 Å². The standard InChI is InChI=1S/C40H53N5O10S/c1-9-25-22-40(25,36(49)44-56(51,52)29-12-13-29)43-33(47)32-21-28(54-34-30-14-11-27(53-8)20-24(30)17-19-41-34)23-45(32)35(48)31(42-37(50)55-39(5,6)7)15-10-26(46)16-18-38(2,3)4/h9,11,14,16-20,25,28-29,31-32H,1,10,12-13,15,21-23H2,2-8H3,(H,42,50)(H,43,47)(H,44,49). The third-order valence-corrected chi connectivity index (χ3v) is 11.6. The lowest BCUT2D eigenvalue weighted by Crippen LogP contribution is -2.58. The molecule has 304 valence electrons. The van der Waals surface area contributed by atoms with Crippen LogP contribution in [0.5, 0.6) is 11.6 Å². The van der Waals surface area contributed by atoms with Crippen LogP contribution in [0.15, 0.2) is 55.3 Å². The van der Waals surface area contributed by atoms with Crippen LogP contribution in [0, 0.1) is 11.3 Å². The summed E-state index contributed by atoms with van der Waals surface area (Å²) in [6.45, 7) is 14.4. The number of ketones is 1. The summed E-state index contributed by atoms with van der Waals surface area (Å²) >= 11 is 0. The zero-order chi connectivity index (χ0) is 41.2. The molecule has 1 aromatic carbocycles. The molecule has 0 bridgehead atoms. The number of amides is 4. The molecule has 5 rings (SSSR count). The maximum atomic E-state index is 14.6. The van der Waals surface area contributed by atoms with Gasteiger partial charge in [0.25, 0.3) is 5.91 Å². The second kappa shape index (κ2) is 16.2. The Hall–Kier alpha value is -4.99. The van der Waals surface area contributed by atoms with Gasteiger partial charge in [0, 0.05) is 30.3 Å². The lowest BCUT2D eigenvalue weighted by Gasteiger charge is -2.30. The third-order valence-electron chi connectivity index (χ3n) is 9.75. The number of nitrogens with one attached hydrogen (secondary N) is 3. The van der Waals surface area contributed by atoms with E-state index in [2.05, 4.69) is 26.9 Å². The monoisotopic (exact) mass is 795 g/mol. The van der Waals surface area contributed by atoms with E-state index in [1.807, 2.05) is 26.8 Å². The van der Waals surface area contributed by atoms with Gasteiger partial charge in [-0.1, -0.05) is 32.9 Å². The van der Waals surface area contributed by atoms with Gasteiger partial charge in [0.1, 0.15) is 35.1 Å². The van der Waals surface area contributed by atoms with Gasteiger partial charge in [0.2, 0.25) is 27.7 Å². The van der Waals surface area contributed by atoms with Crippen molar-refractivity contribution in [2.24, 2.45) is 11.3 Å². The second-order valence-corrected chi connectivity index (χ2v) is 18.7. The number of fused-ring (bicyclic) bond motifs is 1. The van der Waals surface area contributed by atoms with Crippen molar-refractivity contribution in [3.8, 4) is 11.6 Å². The number of alkyl carbamates (subject to hydrolysis) is 1. The predicted octanol–water partition coefficient (Wildman–Crippen LogP) is 4.11. The van der Waals surface area contributed by atoms with E-state index in [9.17, 15) is 32.4 Å². The van der Waals surface area contributed by atoms with E-state index in [1.165, 1.54) is 17.1 Å². The van der Waals surface area contributed by atoms with Crippen LogP contribution >= 0.6 is 0 Å². The van der Waals surface area contributed by atoms with E-state index in [0.29, 0.717) is 24.0 Å². The van der Waals surface area contributed by atoms with Crippen LogP contribution < -0.4 is 24.8 Å². The van der Waals surface area contributed by atoms with Crippen molar-refractivity contribution in [3.05, 3.63) is 55.3 Å². The molecule has 0 spiro atoms.